The van der Waals surface area contributed by atoms with Crippen LogP contribution in [0.5, 0.6) is 0 Å². The maximum absolute atomic E-state index is 13.0. The van der Waals surface area contributed by atoms with E-state index in [2.05, 4.69) is 19.9 Å². The van der Waals surface area contributed by atoms with Crippen LogP contribution in [0, 0.1) is 5.82 Å². The van der Waals surface area contributed by atoms with Crippen LogP contribution in [0.1, 0.15) is 30.7 Å². The average molecular weight is 341 g/mol. The van der Waals surface area contributed by atoms with Crippen molar-refractivity contribution in [1.29, 1.82) is 0 Å². The quantitative estimate of drug-likeness (QED) is 0.836. The fourth-order valence-electron chi connectivity index (χ4n) is 4.05. The molecule has 1 atom stereocenters. The van der Waals surface area contributed by atoms with Crippen molar-refractivity contribution in [2.24, 2.45) is 0 Å². The van der Waals surface area contributed by atoms with Gasteiger partial charge in [0, 0.05) is 38.1 Å². The minimum Gasteiger partial charge on any atom is -0.341 e. The topological polar surface area (TPSA) is 62.2 Å². The number of halogens is 1. The number of carbonyl (C=O) groups excluding carboxylic acids is 1. The predicted molar refractivity (Wildman–Crippen MR) is 90.5 cm³/mol. The molecule has 6 nitrogen and oxygen atoms in total. The summed E-state index contributed by atoms with van der Waals surface area (Å²) in [6.07, 6.45) is 8.42. The third kappa shape index (κ3) is 2.73. The van der Waals surface area contributed by atoms with Gasteiger partial charge in [0.15, 0.2) is 5.82 Å². The summed E-state index contributed by atoms with van der Waals surface area (Å²) in [5.41, 5.74) is 0.856. The van der Waals surface area contributed by atoms with Crippen molar-refractivity contribution in [3.8, 4) is 0 Å². The van der Waals surface area contributed by atoms with E-state index in [1.54, 1.807) is 12.4 Å². The molecule has 2 aliphatic rings. The Kier molecular flexibility index (Phi) is 3.86. The Morgan fingerprint density at radius 2 is 1.92 bits per heavy atom. The van der Waals surface area contributed by atoms with Gasteiger partial charge in [-0.1, -0.05) is 6.07 Å². The molecule has 1 spiro atoms. The smallest absolute Gasteiger partial charge is 0.230 e. The van der Waals surface area contributed by atoms with Crippen molar-refractivity contribution in [3.05, 3.63) is 48.3 Å². The van der Waals surface area contributed by atoms with Crippen LogP contribution >= 0.6 is 0 Å². The molecule has 25 heavy (non-hydrogen) atoms. The molecule has 0 aromatic carbocycles. The summed E-state index contributed by atoms with van der Waals surface area (Å²) in [7, 11) is 1.91. The van der Waals surface area contributed by atoms with E-state index in [4.69, 9.17) is 0 Å². The van der Waals surface area contributed by atoms with Crippen molar-refractivity contribution in [2.45, 2.75) is 30.7 Å². The van der Waals surface area contributed by atoms with Crippen LogP contribution in [0.15, 0.2) is 36.9 Å². The zero-order valence-electron chi connectivity index (χ0n) is 14.1. The van der Waals surface area contributed by atoms with Crippen LogP contribution < -0.4 is 4.90 Å². The number of piperidine rings is 1. The first-order valence-electron chi connectivity index (χ1n) is 8.49. The van der Waals surface area contributed by atoms with Gasteiger partial charge in [0.2, 0.25) is 11.9 Å². The molecule has 2 aromatic heterocycles. The molecule has 0 saturated carbocycles. The van der Waals surface area contributed by atoms with Gasteiger partial charge in [0.25, 0.3) is 0 Å². The molecule has 7 heteroatoms. The Morgan fingerprint density at radius 3 is 2.56 bits per heavy atom. The number of rotatable bonds is 2. The number of carbonyl (C=O) groups is 1. The molecule has 2 aromatic rings. The van der Waals surface area contributed by atoms with Gasteiger partial charge < -0.3 is 9.80 Å². The van der Waals surface area contributed by atoms with E-state index in [0.29, 0.717) is 5.95 Å². The predicted octanol–water partition coefficient (Wildman–Crippen LogP) is 2.00. The van der Waals surface area contributed by atoms with Crippen LogP contribution in [0.3, 0.4) is 0 Å². The van der Waals surface area contributed by atoms with Crippen molar-refractivity contribution >= 4 is 11.9 Å². The Bertz CT molecular complexity index is 759. The largest absolute Gasteiger partial charge is 0.341 e. The normalized spacial score (nSPS) is 22.6. The van der Waals surface area contributed by atoms with Gasteiger partial charge in [0.05, 0.1) is 18.3 Å². The van der Waals surface area contributed by atoms with Crippen molar-refractivity contribution in [3.63, 3.8) is 0 Å². The van der Waals surface area contributed by atoms with Gasteiger partial charge in [0.1, 0.15) is 0 Å². The SMILES string of the molecule is CN1C(=O)[C@@H](c2cccnc2)CC12CCN(c1ncc(F)cn1)CC2. The number of aromatic nitrogens is 3. The number of likely N-dealkylation sites (tertiary alicyclic amines) is 1. The highest BCUT2D eigenvalue weighted by Crippen LogP contribution is 2.44. The summed E-state index contributed by atoms with van der Waals surface area (Å²) in [6, 6.07) is 3.85. The summed E-state index contributed by atoms with van der Waals surface area (Å²) >= 11 is 0. The number of amides is 1. The zero-order valence-corrected chi connectivity index (χ0v) is 14.1. The van der Waals surface area contributed by atoms with Gasteiger partial charge in [-0.25, -0.2) is 14.4 Å². The highest BCUT2D eigenvalue weighted by Gasteiger charge is 2.50. The Morgan fingerprint density at radius 1 is 1.20 bits per heavy atom. The fraction of sp³-hybridized carbons (Fsp3) is 0.444. The van der Waals surface area contributed by atoms with Crippen LogP contribution in [-0.4, -0.2) is 51.4 Å². The Balaban J connectivity index is 1.50. The van der Waals surface area contributed by atoms with Crippen LogP contribution in [0.25, 0.3) is 0 Å². The lowest BCUT2D eigenvalue weighted by molar-refractivity contribution is -0.131. The Hall–Kier alpha value is -2.57. The summed E-state index contributed by atoms with van der Waals surface area (Å²) in [6.45, 7) is 1.51. The van der Waals surface area contributed by atoms with Gasteiger partial charge in [-0.3, -0.25) is 9.78 Å². The van der Waals surface area contributed by atoms with E-state index in [-0.39, 0.29) is 17.4 Å². The fourth-order valence-corrected chi connectivity index (χ4v) is 4.05. The standard InChI is InChI=1S/C18H20FN5O/c1-23-16(25)15(13-3-2-6-20-10-13)9-18(23)4-7-24(8-5-18)17-21-11-14(19)12-22-17/h2-3,6,10-12,15H,4-5,7-9H2,1H3/t15-/m1/s1. The van der Waals surface area contributed by atoms with E-state index < -0.39 is 5.82 Å². The lowest BCUT2D eigenvalue weighted by atomic mass is 9.81. The maximum Gasteiger partial charge on any atom is 0.230 e. The minimum absolute atomic E-state index is 0.118. The molecule has 0 radical (unpaired) electrons. The highest BCUT2D eigenvalue weighted by molar-refractivity contribution is 5.87. The average Bonchev–Trinajstić information content (AvgIpc) is 2.89. The van der Waals surface area contributed by atoms with E-state index in [0.717, 1.165) is 37.9 Å². The molecule has 130 valence electrons. The maximum atomic E-state index is 13.0. The molecule has 2 saturated heterocycles. The van der Waals surface area contributed by atoms with E-state index >= 15 is 0 Å². The highest BCUT2D eigenvalue weighted by atomic mass is 19.1. The van der Waals surface area contributed by atoms with E-state index in [1.165, 1.54) is 12.4 Å². The van der Waals surface area contributed by atoms with Crippen LogP contribution in [0.2, 0.25) is 0 Å². The number of pyridine rings is 1. The minimum atomic E-state index is -0.433. The van der Waals surface area contributed by atoms with Crippen LogP contribution in [-0.2, 0) is 4.79 Å². The van der Waals surface area contributed by atoms with Crippen LogP contribution in [0.4, 0.5) is 10.3 Å². The van der Waals surface area contributed by atoms with Crippen molar-refractivity contribution in [1.82, 2.24) is 19.9 Å². The molecule has 4 heterocycles. The molecule has 4 rings (SSSR count). The second kappa shape index (κ2) is 6.06. The molecule has 0 aliphatic carbocycles. The second-order valence-corrected chi connectivity index (χ2v) is 6.85. The summed E-state index contributed by atoms with van der Waals surface area (Å²) in [4.78, 5) is 29.1. The zero-order chi connectivity index (χ0) is 17.4. The first-order chi connectivity index (χ1) is 12.1. The molecule has 1 amide bonds. The van der Waals surface area contributed by atoms with Gasteiger partial charge in [-0.2, -0.15) is 0 Å². The summed E-state index contributed by atoms with van der Waals surface area (Å²) in [5.74, 6) is 0.163. The van der Waals surface area contributed by atoms with Gasteiger partial charge >= 0.3 is 0 Å². The number of anilines is 1. The molecule has 0 N–H and O–H groups in total. The third-order valence-electron chi connectivity index (χ3n) is 5.59. The third-order valence-corrected chi connectivity index (χ3v) is 5.59. The van der Waals surface area contributed by atoms with Gasteiger partial charge in [-0.15, -0.1) is 0 Å². The number of nitrogens with zero attached hydrogens (tertiary/aromatic N) is 5. The molecular weight excluding hydrogens is 321 g/mol. The number of likely N-dealkylation sites (N-methyl/N-ethyl adjacent to an activating group) is 1. The molecule has 2 fully saturated rings. The van der Waals surface area contributed by atoms with Gasteiger partial charge in [-0.05, 0) is 30.9 Å². The summed E-state index contributed by atoms with van der Waals surface area (Å²) < 4.78 is 13.0. The molecule has 0 unspecified atom stereocenters. The van der Waals surface area contributed by atoms with E-state index in [9.17, 15) is 9.18 Å². The lowest BCUT2D eigenvalue weighted by Gasteiger charge is -2.43. The van der Waals surface area contributed by atoms with E-state index in [1.807, 2.05) is 24.1 Å². The monoisotopic (exact) mass is 341 g/mol. The summed E-state index contributed by atoms with van der Waals surface area (Å²) in [5, 5.41) is 0. The first-order valence-corrected chi connectivity index (χ1v) is 8.49. The van der Waals surface area contributed by atoms with Crippen molar-refractivity contribution in [2.75, 3.05) is 25.0 Å². The number of hydrogen-bond donors (Lipinski definition) is 0. The molecule has 2 aliphatic heterocycles. The Labute approximate surface area is 145 Å². The molecular formula is C18H20FN5O. The molecule has 0 bridgehead atoms. The number of hydrogen-bond acceptors (Lipinski definition) is 5. The first kappa shape index (κ1) is 15.9. The van der Waals surface area contributed by atoms with Crippen molar-refractivity contribution < 1.29 is 9.18 Å². The second-order valence-electron chi connectivity index (χ2n) is 6.85. The lowest BCUT2D eigenvalue weighted by Crippen LogP contribution is -2.52.